The first-order chi connectivity index (χ1) is 20.0. The summed E-state index contributed by atoms with van der Waals surface area (Å²) in [6, 6.07) is 19.6. The van der Waals surface area contributed by atoms with Gasteiger partial charge in [-0.1, -0.05) is 60.7 Å². The fraction of sp³-hybridized carbons (Fsp3) is 0.258. The van der Waals surface area contributed by atoms with Crippen LogP contribution in [0.2, 0.25) is 0 Å². The molecule has 0 fully saturated rings. The first-order valence-corrected chi connectivity index (χ1v) is 13.3. The third kappa shape index (κ3) is 9.56. The van der Waals surface area contributed by atoms with Crippen LogP contribution in [0.25, 0.3) is 0 Å². The Morgan fingerprint density at radius 2 is 1.12 bits per heavy atom. The lowest BCUT2D eigenvalue weighted by atomic mass is 10.0. The predicted molar refractivity (Wildman–Crippen MR) is 156 cm³/mol. The molecule has 0 aliphatic rings. The van der Waals surface area contributed by atoms with Gasteiger partial charge in [0.25, 0.3) is 0 Å². The highest BCUT2D eigenvalue weighted by molar-refractivity contribution is 5.99. The van der Waals surface area contributed by atoms with Crippen LogP contribution < -0.4 is 21.3 Å². The lowest BCUT2D eigenvalue weighted by molar-refractivity contribution is -0.140. The van der Waals surface area contributed by atoms with E-state index in [1.54, 1.807) is 48.5 Å². The zero-order chi connectivity index (χ0) is 30.6. The van der Waals surface area contributed by atoms with Crippen LogP contribution in [0, 0.1) is 0 Å². The van der Waals surface area contributed by atoms with Gasteiger partial charge in [-0.3, -0.25) is 24.5 Å². The SMILES string of the molecule is C[C@H](NC(=O)[C@H](C)NC(Cc1ccccc1)C(=O)O)C(=O)N[C@@H](Cc1ccccc1)C(=O)Nc1ccc(C(=O)O)cc1. The van der Waals surface area contributed by atoms with E-state index in [2.05, 4.69) is 21.3 Å². The minimum atomic E-state index is -1.11. The van der Waals surface area contributed by atoms with E-state index in [9.17, 15) is 29.1 Å². The highest BCUT2D eigenvalue weighted by Crippen LogP contribution is 2.12. The molecular formula is C31H34N4O7. The van der Waals surface area contributed by atoms with Crippen molar-refractivity contribution in [1.82, 2.24) is 16.0 Å². The smallest absolute Gasteiger partial charge is 0.335 e. The van der Waals surface area contributed by atoms with Gasteiger partial charge in [-0.15, -0.1) is 0 Å². The van der Waals surface area contributed by atoms with Gasteiger partial charge in [0.15, 0.2) is 0 Å². The van der Waals surface area contributed by atoms with E-state index in [0.717, 1.165) is 11.1 Å². The van der Waals surface area contributed by atoms with Crippen LogP contribution in [0.3, 0.4) is 0 Å². The summed E-state index contributed by atoms with van der Waals surface area (Å²) in [7, 11) is 0. The number of hydrogen-bond donors (Lipinski definition) is 6. The molecule has 0 saturated heterocycles. The molecule has 1 unspecified atom stereocenters. The maximum absolute atomic E-state index is 13.2. The molecule has 3 aromatic rings. The average molecular weight is 575 g/mol. The van der Waals surface area contributed by atoms with Crippen molar-refractivity contribution in [2.75, 3.05) is 5.32 Å². The third-order valence-electron chi connectivity index (χ3n) is 6.49. The number of amides is 3. The summed E-state index contributed by atoms with van der Waals surface area (Å²) in [4.78, 5) is 62.0. The monoisotopic (exact) mass is 574 g/mol. The molecule has 0 spiro atoms. The molecule has 42 heavy (non-hydrogen) atoms. The quantitative estimate of drug-likeness (QED) is 0.170. The standard InChI is InChI=1S/C31H34N4O7/c1-19(32-26(31(41)42)18-22-11-7-4-8-12-22)27(36)33-20(2)28(37)35-25(17-21-9-5-3-6-10-21)29(38)34-24-15-13-23(14-16-24)30(39)40/h3-16,19-20,25-26,32H,17-18H2,1-2H3,(H,33,36)(H,34,38)(H,35,37)(H,39,40)(H,41,42)/t19-,20-,25-,26?/m0/s1. The van der Waals surface area contributed by atoms with Crippen LogP contribution >= 0.6 is 0 Å². The molecule has 6 N–H and O–H groups in total. The van der Waals surface area contributed by atoms with Gasteiger partial charge < -0.3 is 26.2 Å². The molecule has 3 aromatic carbocycles. The summed E-state index contributed by atoms with van der Waals surface area (Å²) in [5.41, 5.74) is 1.98. The molecule has 11 nitrogen and oxygen atoms in total. The second-order valence-electron chi connectivity index (χ2n) is 9.82. The Balaban J connectivity index is 1.63. The molecule has 0 heterocycles. The number of anilines is 1. The Bertz CT molecular complexity index is 1380. The summed E-state index contributed by atoms with van der Waals surface area (Å²) >= 11 is 0. The maximum Gasteiger partial charge on any atom is 0.335 e. The van der Waals surface area contributed by atoms with Crippen LogP contribution in [0.4, 0.5) is 5.69 Å². The number of carboxylic acids is 2. The normalized spacial score (nSPS) is 13.6. The van der Waals surface area contributed by atoms with Crippen LogP contribution in [-0.4, -0.2) is 64.0 Å². The molecule has 0 radical (unpaired) electrons. The maximum atomic E-state index is 13.2. The van der Waals surface area contributed by atoms with Gasteiger partial charge in [0.05, 0.1) is 11.6 Å². The number of carbonyl (C=O) groups is 5. The van der Waals surface area contributed by atoms with Crippen molar-refractivity contribution in [2.45, 2.75) is 50.9 Å². The lowest BCUT2D eigenvalue weighted by Gasteiger charge is -2.24. The molecule has 0 aromatic heterocycles. The number of carbonyl (C=O) groups excluding carboxylic acids is 3. The Hall–Kier alpha value is -5.03. The number of carboxylic acid groups (broad SMARTS) is 2. The fourth-order valence-electron chi connectivity index (χ4n) is 4.13. The van der Waals surface area contributed by atoms with E-state index >= 15 is 0 Å². The second kappa shape index (κ2) is 15.1. The van der Waals surface area contributed by atoms with Crippen LogP contribution in [0.1, 0.15) is 35.3 Å². The van der Waals surface area contributed by atoms with Crippen molar-refractivity contribution in [2.24, 2.45) is 0 Å². The minimum absolute atomic E-state index is 0.0603. The zero-order valence-electron chi connectivity index (χ0n) is 23.2. The topological polar surface area (TPSA) is 174 Å². The van der Waals surface area contributed by atoms with Gasteiger partial charge in [0, 0.05) is 12.1 Å². The minimum Gasteiger partial charge on any atom is -0.480 e. The summed E-state index contributed by atoms with van der Waals surface area (Å²) in [5.74, 6) is -3.95. The molecule has 0 aliphatic heterocycles. The lowest BCUT2D eigenvalue weighted by Crippen LogP contribution is -2.56. The van der Waals surface area contributed by atoms with Crippen molar-refractivity contribution in [3.8, 4) is 0 Å². The second-order valence-corrected chi connectivity index (χ2v) is 9.82. The number of nitrogens with one attached hydrogen (secondary N) is 4. The van der Waals surface area contributed by atoms with Crippen molar-refractivity contribution in [1.29, 1.82) is 0 Å². The predicted octanol–water partition coefficient (Wildman–Crippen LogP) is 2.23. The van der Waals surface area contributed by atoms with E-state index in [4.69, 9.17) is 5.11 Å². The van der Waals surface area contributed by atoms with E-state index in [0.29, 0.717) is 5.69 Å². The van der Waals surface area contributed by atoms with Crippen LogP contribution in [0.15, 0.2) is 84.9 Å². The number of aromatic carboxylic acids is 1. The highest BCUT2D eigenvalue weighted by Gasteiger charge is 2.28. The van der Waals surface area contributed by atoms with Gasteiger partial charge in [0.1, 0.15) is 18.1 Å². The average Bonchev–Trinajstić information content (AvgIpc) is 2.97. The van der Waals surface area contributed by atoms with Gasteiger partial charge in [-0.05, 0) is 55.7 Å². The number of hydrogen-bond acceptors (Lipinski definition) is 6. The number of benzene rings is 3. The summed E-state index contributed by atoms with van der Waals surface area (Å²) in [5, 5.41) is 29.4. The Labute approximate surface area is 243 Å². The van der Waals surface area contributed by atoms with E-state index in [1.165, 1.54) is 38.1 Å². The third-order valence-corrected chi connectivity index (χ3v) is 6.49. The number of rotatable bonds is 14. The molecule has 0 aliphatic carbocycles. The fourth-order valence-corrected chi connectivity index (χ4v) is 4.13. The molecule has 220 valence electrons. The van der Waals surface area contributed by atoms with Crippen LogP contribution in [-0.2, 0) is 32.0 Å². The summed E-state index contributed by atoms with van der Waals surface area (Å²) in [6.45, 7) is 2.96. The van der Waals surface area contributed by atoms with Crippen molar-refractivity contribution < 1.29 is 34.2 Å². The molecule has 3 amide bonds. The van der Waals surface area contributed by atoms with Gasteiger partial charge in [0.2, 0.25) is 17.7 Å². The van der Waals surface area contributed by atoms with Gasteiger partial charge in [-0.25, -0.2) is 4.79 Å². The summed E-state index contributed by atoms with van der Waals surface area (Å²) in [6.07, 6.45) is 0.323. The first kappa shape index (κ1) is 31.5. The van der Waals surface area contributed by atoms with E-state index < -0.39 is 53.8 Å². The number of aliphatic carboxylic acids is 1. The van der Waals surface area contributed by atoms with Gasteiger partial charge >= 0.3 is 11.9 Å². The Morgan fingerprint density at radius 1 is 0.619 bits per heavy atom. The Kier molecular flexibility index (Phi) is 11.3. The van der Waals surface area contributed by atoms with E-state index in [1.807, 2.05) is 12.1 Å². The summed E-state index contributed by atoms with van der Waals surface area (Å²) < 4.78 is 0. The molecular weight excluding hydrogens is 540 g/mol. The van der Waals surface area contributed by atoms with Crippen molar-refractivity contribution in [3.05, 3.63) is 102 Å². The van der Waals surface area contributed by atoms with Gasteiger partial charge in [-0.2, -0.15) is 0 Å². The highest BCUT2D eigenvalue weighted by atomic mass is 16.4. The molecule has 0 saturated carbocycles. The van der Waals surface area contributed by atoms with E-state index in [-0.39, 0.29) is 18.4 Å². The molecule has 3 rings (SSSR count). The van der Waals surface area contributed by atoms with Crippen molar-refractivity contribution in [3.63, 3.8) is 0 Å². The molecule has 0 bridgehead atoms. The zero-order valence-corrected chi connectivity index (χ0v) is 23.2. The molecule has 4 atom stereocenters. The Morgan fingerprint density at radius 3 is 1.62 bits per heavy atom. The van der Waals surface area contributed by atoms with Crippen LogP contribution in [0.5, 0.6) is 0 Å². The first-order valence-electron chi connectivity index (χ1n) is 13.3. The van der Waals surface area contributed by atoms with Crippen molar-refractivity contribution >= 4 is 35.3 Å². The molecule has 11 heteroatoms. The largest absolute Gasteiger partial charge is 0.480 e.